The minimum atomic E-state index is -4.64. The molecule has 176 valence electrons. The van der Waals surface area contributed by atoms with Gasteiger partial charge >= 0.3 is 18.1 Å². The van der Waals surface area contributed by atoms with Gasteiger partial charge in [0, 0.05) is 26.1 Å². The van der Waals surface area contributed by atoms with E-state index in [0.29, 0.717) is 39.3 Å². The monoisotopic (exact) mass is 462 g/mol. The molecule has 1 aliphatic heterocycles. The van der Waals surface area contributed by atoms with Crippen LogP contribution in [-0.2, 0) is 30.3 Å². The van der Waals surface area contributed by atoms with E-state index in [2.05, 4.69) is 20.7 Å². The van der Waals surface area contributed by atoms with Crippen LogP contribution in [0.4, 0.5) is 18.0 Å². The van der Waals surface area contributed by atoms with Gasteiger partial charge in [0.05, 0.1) is 19.3 Å². The SMILES string of the molecule is O=C(N1CCOCC1)N(Cc1ccc(CCc2nnc(C(F)(F)F)o2)cc1)C1C=CC=CC1. The molecular formula is C23H25F3N4O3. The molecular weight excluding hydrogens is 437 g/mol. The third kappa shape index (κ3) is 6.01. The Balaban J connectivity index is 1.39. The van der Waals surface area contributed by atoms with Crippen molar-refractivity contribution in [1.29, 1.82) is 0 Å². The molecule has 0 bridgehead atoms. The highest BCUT2D eigenvalue weighted by Gasteiger charge is 2.38. The molecule has 1 saturated heterocycles. The zero-order valence-electron chi connectivity index (χ0n) is 18.0. The molecule has 10 heteroatoms. The first kappa shape index (κ1) is 23.0. The molecule has 33 heavy (non-hydrogen) atoms. The molecule has 2 aromatic rings. The predicted molar refractivity (Wildman–Crippen MR) is 113 cm³/mol. The first-order chi connectivity index (χ1) is 15.9. The first-order valence-electron chi connectivity index (χ1n) is 10.8. The maximum atomic E-state index is 13.2. The molecule has 1 unspecified atom stereocenters. The van der Waals surface area contributed by atoms with Crippen molar-refractivity contribution in [2.24, 2.45) is 0 Å². The highest BCUT2D eigenvalue weighted by Crippen LogP contribution is 2.28. The van der Waals surface area contributed by atoms with Crippen molar-refractivity contribution in [3.05, 3.63) is 71.5 Å². The van der Waals surface area contributed by atoms with Crippen molar-refractivity contribution in [2.75, 3.05) is 26.3 Å². The summed E-state index contributed by atoms with van der Waals surface area (Å²) in [6.07, 6.45) is 4.81. The molecule has 1 aromatic heterocycles. The van der Waals surface area contributed by atoms with Crippen molar-refractivity contribution >= 4 is 6.03 Å². The van der Waals surface area contributed by atoms with Gasteiger partial charge in [0.2, 0.25) is 5.89 Å². The van der Waals surface area contributed by atoms with E-state index >= 15 is 0 Å². The molecule has 1 atom stereocenters. The van der Waals surface area contributed by atoms with Crippen LogP contribution in [0.25, 0.3) is 0 Å². The van der Waals surface area contributed by atoms with E-state index < -0.39 is 12.1 Å². The average Bonchev–Trinajstić information content (AvgIpc) is 3.33. The van der Waals surface area contributed by atoms with Crippen molar-refractivity contribution < 1.29 is 27.1 Å². The summed E-state index contributed by atoms with van der Waals surface area (Å²) in [4.78, 5) is 16.9. The summed E-state index contributed by atoms with van der Waals surface area (Å²) < 4.78 is 47.8. The molecule has 2 aliphatic rings. The Morgan fingerprint density at radius 2 is 1.79 bits per heavy atom. The number of alkyl halides is 3. The number of hydrogen-bond acceptors (Lipinski definition) is 5. The van der Waals surface area contributed by atoms with E-state index in [1.54, 1.807) is 0 Å². The lowest BCUT2D eigenvalue weighted by molar-refractivity contribution is -0.157. The molecule has 1 aliphatic carbocycles. The maximum absolute atomic E-state index is 13.2. The van der Waals surface area contributed by atoms with Gasteiger partial charge < -0.3 is 19.0 Å². The Morgan fingerprint density at radius 1 is 1.06 bits per heavy atom. The zero-order chi connectivity index (χ0) is 23.3. The summed E-state index contributed by atoms with van der Waals surface area (Å²) in [7, 11) is 0. The number of morpholine rings is 1. The van der Waals surface area contributed by atoms with E-state index in [1.165, 1.54) is 0 Å². The summed E-state index contributed by atoms with van der Waals surface area (Å²) in [6, 6.07) is 7.65. The summed E-state index contributed by atoms with van der Waals surface area (Å²) in [5.41, 5.74) is 1.90. The number of hydrogen-bond donors (Lipinski definition) is 0. The quantitative estimate of drug-likeness (QED) is 0.649. The normalized spacial score (nSPS) is 18.5. The van der Waals surface area contributed by atoms with Gasteiger partial charge in [-0.25, -0.2) is 4.79 Å². The summed E-state index contributed by atoms with van der Waals surface area (Å²) in [5.74, 6) is -1.38. The van der Waals surface area contributed by atoms with Crippen LogP contribution in [0.5, 0.6) is 0 Å². The standard InChI is InChI=1S/C23H25F3N4O3/c24-23(25,26)21-28-27-20(33-21)11-10-17-6-8-18(9-7-17)16-30(19-4-2-1-3-5-19)22(31)29-12-14-32-15-13-29/h1-4,6-9,19H,5,10-16H2. The minimum absolute atomic E-state index is 0.0100. The zero-order valence-corrected chi connectivity index (χ0v) is 18.0. The smallest absolute Gasteiger partial charge is 0.417 e. The third-order valence-corrected chi connectivity index (χ3v) is 5.60. The predicted octanol–water partition coefficient (Wildman–Crippen LogP) is 4.01. The Kier molecular flexibility index (Phi) is 7.12. The van der Waals surface area contributed by atoms with Crippen molar-refractivity contribution in [2.45, 2.75) is 38.0 Å². The number of aryl methyl sites for hydroxylation is 2. The summed E-state index contributed by atoms with van der Waals surface area (Å²) in [5, 5.41) is 6.51. The summed E-state index contributed by atoms with van der Waals surface area (Å²) in [6.45, 7) is 2.69. The number of nitrogens with zero attached hydrogens (tertiary/aromatic N) is 4. The number of carbonyl (C=O) groups excluding carboxylic acids is 1. The van der Waals surface area contributed by atoms with Gasteiger partial charge in [0.15, 0.2) is 0 Å². The number of rotatable bonds is 6. The van der Waals surface area contributed by atoms with E-state index in [9.17, 15) is 18.0 Å². The Hall–Kier alpha value is -3.14. The van der Waals surface area contributed by atoms with E-state index in [4.69, 9.17) is 4.74 Å². The average molecular weight is 462 g/mol. The van der Waals surface area contributed by atoms with Gasteiger partial charge in [-0.2, -0.15) is 13.2 Å². The Labute approximate surface area is 189 Å². The molecule has 4 rings (SSSR count). The van der Waals surface area contributed by atoms with E-state index in [1.807, 2.05) is 52.3 Å². The van der Waals surface area contributed by atoms with Gasteiger partial charge in [-0.1, -0.05) is 48.6 Å². The van der Waals surface area contributed by atoms with Gasteiger partial charge in [-0.05, 0) is 24.0 Å². The number of benzene rings is 1. The molecule has 0 spiro atoms. The van der Waals surface area contributed by atoms with Crippen LogP contribution in [0.15, 0.2) is 53.0 Å². The minimum Gasteiger partial charge on any atom is -0.417 e. The van der Waals surface area contributed by atoms with Crippen LogP contribution in [0, 0.1) is 0 Å². The third-order valence-electron chi connectivity index (χ3n) is 5.60. The molecule has 1 aromatic carbocycles. The molecule has 0 saturated carbocycles. The van der Waals surface area contributed by atoms with Gasteiger partial charge in [0.25, 0.3) is 0 Å². The topological polar surface area (TPSA) is 71.7 Å². The fraction of sp³-hybridized carbons (Fsp3) is 0.435. The van der Waals surface area contributed by atoms with Gasteiger partial charge in [0.1, 0.15) is 0 Å². The fourth-order valence-electron chi connectivity index (χ4n) is 3.79. The second-order valence-corrected chi connectivity index (χ2v) is 7.94. The van der Waals surface area contributed by atoms with Crippen LogP contribution < -0.4 is 0 Å². The van der Waals surface area contributed by atoms with Crippen molar-refractivity contribution in [3.8, 4) is 0 Å². The highest BCUT2D eigenvalue weighted by molar-refractivity contribution is 5.75. The number of carbonyl (C=O) groups is 1. The van der Waals surface area contributed by atoms with Crippen molar-refractivity contribution in [1.82, 2.24) is 20.0 Å². The number of aromatic nitrogens is 2. The van der Waals surface area contributed by atoms with Crippen LogP contribution in [0.2, 0.25) is 0 Å². The second-order valence-electron chi connectivity index (χ2n) is 7.94. The summed E-state index contributed by atoms with van der Waals surface area (Å²) >= 11 is 0. The largest absolute Gasteiger partial charge is 0.470 e. The molecule has 1 fully saturated rings. The Morgan fingerprint density at radius 3 is 2.42 bits per heavy atom. The van der Waals surface area contributed by atoms with Crippen LogP contribution in [0.3, 0.4) is 0 Å². The molecule has 0 radical (unpaired) electrons. The van der Waals surface area contributed by atoms with E-state index in [0.717, 1.165) is 17.5 Å². The van der Waals surface area contributed by atoms with Gasteiger partial charge in [-0.3, -0.25) is 0 Å². The molecule has 0 N–H and O–H groups in total. The number of allylic oxidation sites excluding steroid dienone is 2. The van der Waals surface area contributed by atoms with Gasteiger partial charge in [-0.15, -0.1) is 10.2 Å². The fourth-order valence-corrected chi connectivity index (χ4v) is 3.79. The van der Waals surface area contributed by atoms with Crippen molar-refractivity contribution in [3.63, 3.8) is 0 Å². The maximum Gasteiger partial charge on any atom is 0.470 e. The van der Waals surface area contributed by atoms with Crippen LogP contribution in [-0.4, -0.2) is 58.4 Å². The van der Waals surface area contributed by atoms with Crippen LogP contribution in [0.1, 0.15) is 29.3 Å². The number of ether oxygens (including phenoxy) is 1. The first-order valence-corrected chi connectivity index (χ1v) is 10.8. The van der Waals surface area contributed by atoms with Crippen LogP contribution >= 0.6 is 0 Å². The van der Waals surface area contributed by atoms with E-state index in [-0.39, 0.29) is 24.4 Å². The second kappa shape index (κ2) is 10.2. The lowest BCUT2D eigenvalue weighted by Crippen LogP contribution is -2.50. The Bertz CT molecular complexity index is 995. The molecule has 7 nitrogen and oxygen atoms in total. The number of amides is 2. The molecule has 2 heterocycles. The number of urea groups is 1. The lowest BCUT2D eigenvalue weighted by atomic mass is 10.0. The highest BCUT2D eigenvalue weighted by atomic mass is 19.4. The number of halogens is 3. The molecule has 2 amide bonds. The lowest BCUT2D eigenvalue weighted by Gasteiger charge is -2.37.